The SMILES string of the molecule is CCCCC(C)N1CC(O)CC1=O. The highest BCUT2D eigenvalue weighted by Crippen LogP contribution is 2.17. The van der Waals surface area contributed by atoms with Crippen LogP contribution in [0, 0.1) is 0 Å². The van der Waals surface area contributed by atoms with E-state index in [9.17, 15) is 9.90 Å². The maximum atomic E-state index is 11.4. The van der Waals surface area contributed by atoms with Gasteiger partial charge in [0, 0.05) is 12.6 Å². The van der Waals surface area contributed by atoms with E-state index >= 15 is 0 Å². The summed E-state index contributed by atoms with van der Waals surface area (Å²) in [5.74, 6) is 0.108. The second-order valence-electron chi connectivity index (χ2n) is 3.90. The van der Waals surface area contributed by atoms with Gasteiger partial charge in [-0.3, -0.25) is 4.79 Å². The van der Waals surface area contributed by atoms with Crippen LogP contribution in [0.4, 0.5) is 0 Å². The number of β-amino-alcohol motifs (C(OH)–C–C–N with tert-alkyl or cyclic N) is 1. The van der Waals surface area contributed by atoms with Gasteiger partial charge in [0.2, 0.25) is 5.91 Å². The normalized spacial score (nSPS) is 25.3. The first-order valence-corrected chi connectivity index (χ1v) is 5.12. The van der Waals surface area contributed by atoms with E-state index in [4.69, 9.17) is 0 Å². The molecule has 2 unspecified atom stereocenters. The monoisotopic (exact) mass is 185 g/mol. The smallest absolute Gasteiger partial charge is 0.225 e. The van der Waals surface area contributed by atoms with Crippen molar-refractivity contribution in [3.63, 3.8) is 0 Å². The number of rotatable bonds is 4. The Bertz CT molecular complexity index is 182. The van der Waals surface area contributed by atoms with E-state index in [1.54, 1.807) is 4.90 Å². The lowest BCUT2D eigenvalue weighted by atomic mass is 10.1. The Morgan fingerprint density at radius 2 is 2.38 bits per heavy atom. The molecule has 76 valence electrons. The number of amides is 1. The fourth-order valence-corrected chi connectivity index (χ4v) is 1.79. The van der Waals surface area contributed by atoms with E-state index in [0.717, 1.165) is 19.3 Å². The van der Waals surface area contributed by atoms with Crippen molar-refractivity contribution in [1.82, 2.24) is 4.90 Å². The second-order valence-corrected chi connectivity index (χ2v) is 3.90. The molecular weight excluding hydrogens is 166 g/mol. The summed E-state index contributed by atoms with van der Waals surface area (Å²) in [7, 11) is 0. The highest BCUT2D eigenvalue weighted by molar-refractivity contribution is 5.79. The third-order valence-corrected chi connectivity index (χ3v) is 2.65. The maximum Gasteiger partial charge on any atom is 0.225 e. The summed E-state index contributed by atoms with van der Waals surface area (Å²) >= 11 is 0. The molecule has 1 amide bonds. The van der Waals surface area contributed by atoms with Crippen LogP contribution in [0.2, 0.25) is 0 Å². The van der Waals surface area contributed by atoms with Crippen molar-refractivity contribution in [1.29, 1.82) is 0 Å². The van der Waals surface area contributed by atoms with Crippen LogP contribution < -0.4 is 0 Å². The first-order valence-electron chi connectivity index (χ1n) is 5.12. The Kier molecular flexibility index (Phi) is 3.72. The molecule has 0 aliphatic carbocycles. The zero-order valence-electron chi connectivity index (χ0n) is 8.49. The van der Waals surface area contributed by atoms with Gasteiger partial charge in [-0.15, -0.1) is 0 Å². The molecular formula is C10H19NO2. The molecule has 1 saturated heterocycles. The number of unbranched alkanes of at least 4 members (excludes halogenated alkanes) is 1. The molecule has 1 rings (SSSR count). The molecule has 0 aromatic carbocycles. The molecule has 1 heterocycles. The van der Waals surface area contributed by atoms with Crippen LogP contribution >= 0.6 is 0 Å². The summed E-state index contributed by atoms with van der Waals surface area (Å²) < 4.78 is 0. The zero-order valence-corrected chi connectivity index (χ0v) is 8.49. The Morgan fingerprint density at radius 3 is 2.85 bits per heavy atom. The third kappa shape index (κ3) is 2.69. The summed E-state index contributed by atoms with van der Waals surface area (Å²) in [6.45, 7) is 4.74. The predicted octanol–water partition coefficient (Wildman–Crippen LogP) is 1.16. The Morgan fingerprint density at radius 1 is 1.69 bits per heavy atom. The first-order chi connectivity index (χ1) is 6.15. The minimum atomic E-state index is -0.434. The average molecular weight is 185 g/mol. The Labute approximate surface area is 79.7 Å². The van der Waals surface area contributed by atoms with Crippen LogP contribution in [0.3, 0.4) is 0 Å². The van der Waals surface area contributed by atoms with E-state index in [1.807, 2.05) is 0 Å². The zero-order chi connectivity index (χ0) is 9.84. The first kappa shape index (κ1) is 10.5. The molecule has 0 aromatic heterocycles. The standard InChI is InChI=1S/C10H19NO2/c1-3-4-5-8(2)11-7-9(12)6-10(11)13/h8-9,12H,3-7H2,1-2H3. The van der Waals surface area contributed by atoms with Gasteiger partial charge < -0.3 is 10.0 Å². The van der Waals surface area contributed by atoms with Crippen molar-refractivity contribution in [3.05, 3.63) is 0 Å². The molecule has 0 saturated carbocycles. The van der Waals surface area contributed by atoms with Crippen LogP contribution in [-0.2, 0) is 4.79 Å². The molecule has 13 heavy (non-hydrogen) atoms. The molecule has 3 heteroatoms. The summed E-state index contributed by atoms with van der Waals surface area (Å²) in [6, 6.07) is 0.296. The minimum absolute atomic E-state index is 0.108. The van der Waals surface area contributed by atoms with E-state index in [0.29, 0.717) is 19.0 Å². The lowest BCUT2D eigenvalue weighted by molar-refractivity contribution is -0.129. The van der Waals surface area contributed by atoms with Crippen LogP contribution in [-0.4, -0.2) is 34.6 Å². The predicted molar refractivity (Wildman–Crippen MR) is 51.3 cm³/mol. The van der Waals surface area contributed by atoms with Gasteiger partial charge in [0.15, 0.2) is 0 Å². The molecule has 1 aliphatic heterocycles. The molecule has 1 N–H and O–H groups in total. The number of hydrogen-bond donors (Lipinski definition) is 1. The fraction of sp³-hybridized carbons (Fsp3) is 0.900. The number of carbonyl (C=O) groups excluding carboxylic acids is 1. The number of hydrogen-bond acceptors (Lipinski definition) is 2. The fourth-order valence-electron chi connectivity index (χ4n) is 1.79. The van der Waals surface area contributed by atoms with Crippen LogP contribution in [0.15, 0.2) is 0 Å². The summed E-state index contributed by atoms with van der Waals surface area (Å²) in [4.78, 5) is 13.2. The van der Waals surface area contributed by atoms with Gasteiger partial charge in [-0.2, -0.15) is 0 Å². The molecule has 0 radical (unpaired) electrons. The third-order valence-electron chi connectivity index (χ3n) is 2.65. The lowest BCUT2D eigenvalue weighted by Crippen LogP contribution is -2.34. The van der Waals surface area contributed by atoms with Crippen molar-refractivity contribution in [2.75, 3.05) is 6.54 Å². The topological polar surface area (TPSA) is 40.5 Å². The molecule has 0 spiro atoms. The van der Waals surface area contributed by atoms with Crippen molar-refractivity contribution in [2.24, 2.45) is 0 Å². The van der Waals surface area contributed by atoms with Gasteiger partial charge >= 0.3 is 0 Å². The number of aliphatic hydroxyl groups is 1. The van der Waals surface area contributed by atoms with E-state index < -0.39 is 6.10 Å². The van der Waals surface area contributed by atoms with E-state index in [1.165, 1.54) is 0 Å². The molecule has 0 bridgehead atoms. The number of likely N-dealkylation sites (tertiary alicyclic amines) is 1. The van der Waals surface area contributed by atoms with E-state index in [-0.39, 0.29) is 5.91 Å². The van der Waals surface area contributed by atoms with Gasteiger partial charge in [0.05, 0.1) is 12.5 Å². The molecule has 1 aliphatic rings. The lowest BCUT2D eigenvalue weighted by Gasteiger charge is -2.24. The quantitative estimate of drug-likeness (QED) is 0.714. The minimum Gasteiger partial charge on any atom is -0.391 e. The van der Waals surface area contributed by atoms with Crippen LogP contribution in [0.1, 0.15) is 39.5 Å². The van der Waals surface area contributed by atoms with Gasteiger partial charge in [-0.1, -0.05) is 19.8 Å². The molecule has 1 fully saturated rings. The van der Waals surface area contributed by atoms with E-state index in [2.05, 4.69) is 13.8 Å². The van der Waals surface area contributed by atoms with Crippen molar-refractivity contribution in [2.45, 2.75) is 51.7 Å². The summed E-state index contributed by atoms with van der Waals surface area (Å²) in [5.41, 5.74) is 0. The van der Waals surface area contributed by atoms with Crippen LogP contribution in [0.5, 0.6) is 0 Å². The number of aliphatic hydroxyl groups excluding tert-OH is 1. The van der Waals surface area contributed by atoms with Gasteiger partial charge in [0.25, 0.3) is 0 Å². The largest absolute Gasteiger partial charge is 0.391 e. The van der Waals surface area contributed by atoms with Gasteiger partial charge in [0.1, 0.15) is 0 Å². The summed E-state index contributed by atoms with van der Waals surface area (Å²) in [5, 5.41) is 9.28. The average Bonchev–Trinajstić information content (AvgIpc) is 2.41. The Balaban J connectivity index is 2.38. The molecule has 2 atom stereocenters. The molecule has 0 aromatic rings. The summed E-state index contributed by atoms with van der Waals surface area (Å²) in [6.07, 6.45) is 3.25. The van der Waals surface area contributed by atoms with Gasteiger partial charge in [-0.05, 0) is 13.3 Å². The number of carbonyl (C=O) groups is 1. The maximum absolute atomic E-state index is 11.4. The highest BCUT2D eigenvalue weighted by Gasteiger charge is 2.30. The Hall–Kier alpha value is -0.570. The van der Waals surface area contributed by atoms with Gasteiger partial charge in [-0.25, -0.2) is 0 Å². The van der Waals surface area contributed by atoms with Crippen molar-refractivity contribution < 1.29 is 9.90 Å². The molecule has 3 nitrogen and oxygen atoms in total. The van der Waals surface area contributed by atoms with Crippen molar-refractivity contribution >= 4 is 5.91 Å². The van der Waals surface area contributed by atoms with Crippen molar-refractivity contribution in [3.8, 4) is 0 Å². The van der Waals surface area contributed by atoms with Crippen LogP contribution in [0.25, 0.3) is 0 Å². The second kappa shape index (κ2) is 4.61. The highest BCUT2D eigenvalue weighted by atomic mass is 16.3. The number of nitrogens with zero attached hydrogens (tertiary/aromatic N) is 1.